The zero-order chi connectivity index (χ0) is 13.3. The highest BCUT2D eigenvalue weighted by atomic mass is 16.5. The molecule has 5 heteroatoms. The molecular formula is C12H22O5. The summed E-state index contributed by atoms with van der Waals surface area (Å²) >= 11 is 0. The number of esters is 1. The van der Waals surface area contributed by atoms with E-state index in [1.807, 2.05) is 6.92 Å². The van der Waals surface area contributed by atoms with E-state index in [0.29, 0.717) is 25.0 Å². The van der Waals surface area contributed by atoms with Crippen LogP contribution in [0.5, 0.6) is 0 Å². The highest BCUT2D eigenvalue weighted by Crippen LogP contribution is 2.14. The molecule has 0 aromatic carbocycles. The van der Waals surface area contributed by atoms with Gasteiger partial charge in [0.05, 0.1) is 26.4 Å². The highest BCUT2D eigenvalue weighted by molar-refractivity contribution is 5.86. The van der Waals surface area contributed by atoms with Crippen LogP contribution >= 0.6 is 0 Å². The summed E-state index contributed by atoms with van der Waals surface area (Å²) in [4.78, 5) is 11.0. The predicted octanol–water partition coefficient (Wildman–Crippen LogP) is 0.646. The average Bonchev–Trinajstić information content (AvgIpc) is 2.34. The molecule has 100 valence electrons. The van der Waals surface area contributed by atoms with Gasteiger partial charge in [0.1, 0.15) is 5.60 Å². The lowest BCUT2D eigenvalue weighted by molar-refractivity contribution is -0.141. The van der Waals surface area contributed by atoms with Crippen molar-refractivity contribution in [3.05, 3.63) is 12.2 Å². The molecule has 2 N–H and O–H groups in total. The van der Waals surface area contributed by atoms with Gasteiger partial charge in [-0.3, -0.25) is 0 Å². The molecule has 0 unspecified atom stereocenters. The van der Waals surface area contributed by atoms with Gasteiger partial charge in [-0.15, -0.1) is 0 Å². The van der Waals surface area contributed by atoms with Gasteiger partial charge in [0, 0.05) is 12.0 Å². The summed E-state index contributed by atoms with van der Waals surface area (Å²) in [5, 5.41) is 18.2. The molecule has 0 aliphatic heterocycles. The predicted molar refractivity (Wildman–Crippen MR) is 63.5 cm³/mol. The fourth-order valence-electron chi connectivity index (χ4n) is 1.10. The number of aliphatic hydroxyl groups is 2. The van der Waals surface area contributed by atoms with Crippen molar-refractivity contribution in [2.75, 3.05) is 26.4 Å². The first-order chi connectivity index (χ1) is 8.01. The van der Waals surface area contributed by atoms with E-state index < -0.39 is 11.6 Å². The van der Waals surface area contributed by atoms with Gasteiger partial charge in [0.25, 0.3) is 0 Å². The maximum Gasteiger partial charge on any atom is 0.333 e. The Morgan fingerprint density at radius 2 is 1.88 bits per heavy atom. The number of hydrogen-bond acceptors (Lipinski definition) is 5. The summed E-state index contributed by atoms with van der Waals surface area (Å²) in [7, 11) is 0. The van der Waals surface area contributed by atoms with Crippen molar-refractivity contribution < 1.29 is 24.5 Å². The van der Waals surface area contributed by atoms with Gasteiger partial charge >= 0.3 is 5.97 Å². The van der Waals surface area contributed by atoms with Crippen LogP contribution in [0.25, 0.3) is 0 Å². The van der Waals surface area contributed by atoms with E-state index in [1.165, 1.54) is 0 Å². The number of carbonyl (C=O) groups is 1. The summed E-state index contributed by atoms with van der Waals surface area (Å²) in [6, 6.07) is 0. The van der Waals surface area contributed by atoms with E-state index in [1.54, 1.807) is 6.92 Å². The Morgan fingerprint density at radius 3 is 2.29 bits per heavy atom. The second-order valence-electron chi connectivity index (χ2n) is 3.97. The molecular weight excluding hydrogens is 224 g/mol. The van der Waals surface area contributed by atoms with E-state index >= 15 is 0 Å². The Balaban J connectivity index is 3.76. The third-order valence-electron chi connectivity index (χ3n) is 2.50. The molecule has 0 saturated heterocycles. The lowest BCUT2D eigenvalue weighted by Gasteiger charge is -2.28. The monoisotopic (exact) mass is 246 g/mol. The molecule has 0 heterocycles. The summed E-state index contributed by atoms with van der Waals surface area (Å²) in [6.45, 7) is 6.96. The van der Waals surface area contributed by atoms with Crippen LogP contribution in [0.3, 0.4) is 0 Å². The third-order valence-corrected chi connectivity index (χ3v) is 2.50. The van der Waals surface area contributed by atoms with Gasteiger partial charge in [0.15, 0.2) is 0 Å². The van der Waals surface area contributed by atoms with Gasteiger partial charge in [-0.25, -0.2) is 4.79 Å². The summed E-state index contributed by atoms with van der Waals surface area (Å²) in [5.74, 6) is -0.420. The minimum Gasteiger partial charge on any atom is -0.462 e. The Hall–Kier alpha value is -0.910. The molecule has 0 spiro atoms. The van der Waals surface area contributed by atoms with E-state index in [9.17, 15) is 4.79 Å². The molecule has 17 heavy (non-hydrogen) atoms. The highest BCUT2D eigenvalue weighted by Gasteiger charge is 2.27. The molecule has 0 rings (SSSR count). The standard InChI is InChI=1S/C12H22O5/c1-4-12(8-13,9-14)17-7-5-6-16-11(15)10(2)3/h13-14H,2,4-9H2,1,3H3. The van der Waals surface area contributed by atoms with Crippen LogP contribution in [0.4, 0.5) is 0 Å². The minimum absolute atomic E-state index is 0.231. The Labute approximate surface area is 102 Å². The van der Waals surface area contributed by atoms with Gasteiger partial charge in [-0.05, 0) is 13.3 Å². The molecule has 0 aromatic rings. The van der Waals surface area contributed by atoms with Crippen molar-refractivity contribution in [2.24, 2.45) is 0 Å². The Kier molecular flexibility index (Phi) is 7.78. The number of ether oxygens (including phenoxy) is 2. The SMILES string of the molecule is C=C(C)C(=O)OCCCOC(CC)(CO)CO. The maximum absolute atomic E-state index is 11.0. The van der Waals surface area contributed by atoms with Crippen molar-refractivity contribution in [3.63, 3.8) is 0 Å². The van der Waals surface area contributed by atoms with Crippen LogP contribution in [0.1, 0.15) is 26.7 Å². The summed E-state index contributed by atoms with van der Waals surface area (Å²) in [6.07, 6.45) is 1.03. The fourth-order valence-corrected chi connectivity index (χ4v) is 1.10. The van der Waals surface area contributed by atoms with Crippen LogP contribution < -0.4 is 0 Å². The van der Waals surface area contributed by atoms with Crippen molar-refractivity contribution in [1.82, 2.24) is 0 Å². The van der Waals surface area contributed by atoms with Crippen molar-refractivity contribution in [1.29, 1.82) is 0 Å². The number of hydrogen-bond donors (Lipinski definition) is 2. The maximum atomic E-state index is 11.0. The normalized spacial score (nSPS) is 11.3. The molecule has 0 aliphatic carbocycles. The Bertz CT molecular complexity index is 237. The van der Waals surface area contributed by atoms with Crippen LogP contribution in [-0.4, -0.2) is 48.2 Å². The number of carbonyl (C=O) groups excluding carboxylic acids is 1. The quantitative estimate of drug-likeness (QED) is 0.355. The van der Waals surface area contributed by atoms with Gasteiger partial charge < -0.3 is 19.7 Å². The third kappa shape index (κ3) is 5.81. The summed E-state index contributed by atoms with van der Waals surface area (Å²) in [5.41, 5.74) is -0.530. The molecule has 0 fully saturated rings. The molecule has 0 amide bonds. The van der Waals surface area contributed by atoms with E-state index in [0.717, 1.165) is 0 Å². The van der Waals surface area contributed by atoms with Gasteiger partial charge in [-0.2, -0.15) is 0 Å². The lowest BCUT2D eigenvalue weighted by atomic mass is 10.0. The fraction of sp³-hybridized carbons (Fsp3) is 0.750. The smallest absolute Gasteiger partial charge is 0.333 e. The van der Waals surface area contributed by atoms with Crippen LogP contribution in [0, 0.1) is 0 Å². The number of rotatable bonds is 9. The van der Waals surface area contributed by atoms with Gasteiger partial charge in [-0.1, -0.05) is 13.5 Å². The first kappa shape index (κ1) is 16.1. The van der Waals surface area contributed by atoms with Crippen LogP contribution in [-0.2, 0) is 14.3 Å². The molecule has 0 aliphatic rings. The molecule has 0 atom stereocenters. The number of aliphatic hydroxyl groups excluding tert-OH is 2. The minimum atomic E-state index is -0.891. The molecule has 0 bridgehead atoms. The first-order valence-corrected chi connectivity index (χ1v) is 5.69. The second kappa shape index (κ2) is 8.22. The Morgan fingerprint density at radius 1 is 1.29 bits per heavy atom. The van der Waals surface area contributed by atoms with E-state index in [-0.39, 0.29) is 19.8 Å². The van der Waals surface area contributed by atoms with E-state index in [4.69, 9.17) is 19.7 Å². The van der Waals surface area contributed by atoms with Gasteiger partial charge in [0.2, 0.25) is 0 Å². The molecule has 5 nitrogen and oxygen atoms in total. The van der Waals surface area contributed by atoms with Crippen molar-refractivity contribution in [3.8, 4) is 0 Å². The topological polar surface area (TPSA) is 76.0 Å². The first-order valence-electron chi connectivity index (χ1n) is 5.69. The summed E-state index contributed by atoms with van der Waals surface area (Å²) < 4.78 is 10.3. The largest absolute Gasteiger partial charge is 0.462 e. The molecule has 0 saturated carbocycles. The van der Waals surface area contributed by atoms with Crippen LogP contribution in [0.15, 0.2) is 12.2 Å². The molecule has 0 radical (unpaired) electrons. The zero-order valence-electron chi connectivity index (χ0n) is 10.6. The zero-order valence-corrected chi connectivity index (χ0v) is 10.6. The second-order valence-corrected chi connectivity index (χ2v) is 3.97. The van der Waals surface area contributed by atoms with Crippen molar-refractivity contribution in [2.45, 2.75) is 32.3 Å². The average molecular weight is 246 g/mol. The van der Waals surface area contributed by atoms with Crippen LogP contribution in [0.2, 0.25) is 0 Å². The van der Waals surface area contributed by atoms with E-state index in [2.05, 4.69) is 6.58 Å². The lowest BCUT2D eigenvalue weighted by Crippen LogP contribution is -2.40. The van der Waals surface area contributed by atoms with Crippen molar-refractivity contribution >= 4 is 5.97 Å². The molecule has 0 aromatic heterocycles.